The molecule has 1 aromatic rings. The highest BCUT2D eigenvalue weighted by Gasteiger charge is 2.27. The molecule has 5 nitrogen and oxygen atoms in total. The van der Waals surface area contributed by atoms with Gasteiger partial charge in [-0.2, -0.15) is 0 Å². The maximum Gasteiger partial charge on any atom is 0.153 e. The molecule has 21 heavy (non-hydrogen) atoms. The van der Waals surface area contributed by atoms with E-state index < -0.39 is 0 Å². The number of hydrogen-bond donors (Lipinski definition) is 1. The molecule has 0 unspecified atom stereocenters. The first-order chi connectivity index (χ1) is 9.96. The number of halogens is 1. The predicted molar refractivity (Wildman–Crippen MR) is 84.3 cm³/mol. The summed E-state index contributed by atoms with van der Waals surface area (Å²) in [5, 5.41) is 4.62. The van der Waals surface area contributed by atoms with Crippen molar-refractivity contribution in [1.82, 2.24) is 4.90 Å². The summed E-state index contributed by atoms with van der Waals surface area (Å²) >= 11 is 6.04. The summed E-state index contributed by atoms with van der Waals surface area (Å²) in [6.07, 6.45) is 0. The molecular formula is C15H22ClN3O2. The fraction of sp³-hybridized carbons (Fsp3) is 0.533. The van der Waals surface area contributed by atoms with E-state index in [1.807, 2.05) is 24.3 Å². The highest BCUT2D eigenvalue weighted by molar-refractivity contribution is 6.31. The van der Waals surface area contributed by atoms with Crippen LogP contribution in [-0.4, -0.2) is 42.6 Å². The van der Waals surface area contributed by atoms with E-state index in [1.54, 1.807) is 0 Å². The van der Waals surface area contributed by atoms with Gasteiger partial charge < -0.3 is 15.3 Å². The summed E-state index contributed by atoms with van der Waals surface area (Å²) in [5.41, 5.74) is 6.65. The Labute approximate surface area is 130 Å². The number of benzene rings is 1. The van der Waals surface area contributed by atoms with E-state index in [0.29, 0.717) is 30.6 Å². The normalized spacial score (nSPS) is 19.5. The summed E-state index contributed by atoms with van der Waals surface area (Å²) in [5.74, 6) is 0.458. The van der Waals surface area contributed by atoms with Crippen LogP contribution in [-0.2, 0) is 16.2 Å². The maximum atomic E-state index is 6.04. The largest absolute Gasteiger partial charge is 0.389 e. The zero-order valence-corrected chi connectivity index (χ0v) is 13.3. The van der Waals surface area contributed by atoms with Gasteiger partial charge in [0.2, 0.25) is 0 Å². The zero-order chi connectivity index (χ0) is 15.3. The van der Waals surface area contributed by atoms with E-state index in [-0.39, 0.29) is 5.60 Å². The second-order valence-corrected chi connectivity index (χ2v) is 6.17. The Balaban J connectivity index is 1.80. The molecule has 0 amide bonds. The molecule has 0 radical (unpaired) electrons. The molecule has 1 fully saturated rings. The maximum absolute atomic E-state index is 6.04. The van der Waals surface area contributed by atoms with Gasteiger partial charge in [0.25, 0.3) is 0 Å². The fourth-order valence-electron chi connectivity index (χ4n) is 2.31. The minimum absolute atomic E-state index is 0.142. The van der Waals surface area contributed by atoms with E-state index in [2.05, 4.69) is 23.9 Å². The number of oxime groups is 1. The highest BCUT2D eigenvalue weighted by Crippen LogP contribution is 2.17. The lowest BCUT2D eigenvalue weighted by molar-refractivity contribution is -0.0821. The van der Waals surface area contributed by atoms with Crippen molar-refractivity contribution in [1.29, 1.82) is 0 Å². The van der Waals surface area contributed by atoms with Crippen molar-refractivity contribution in [2.45, 2.75) is 26.1 Å². The molecule has 0 bridgehead atoms. The van der Waals surface area contributed by atoms with E-state index in [9.17, 15) is 0 Å². The first-order valence-electron chi connectivity index (χ1n) is 7.00. The lowest BCUT2D eigenvalue weighted by Gasteiger charge is -2.37. The number of nitrogens with two attached hydrogens (primary N) is 1. The van der Waals surface area contributed by atoms with Crippen molar-refractivity contribution in [2.75, 3.05) is 26.2 Å². The quantitative estimate of drug-likeness (QED) is 0.515. The first kappa shape index (κ1) is 16.1. The molecule has 0 saturated carbocycles. The van der Waals surface area contributed by atoms with Crippen LogP contribution in [0.5, 0.6) is 0 Å². The van der Waals surface area contributed by atoms with Crippen LogP contribution in [0, 0.1) is 0 Å². The van der Waals surface area contributed by atoms with Crippen LogP contribution in [0.3, 0.4) is 0 Å². The molecule has 0 spiro atoms. The molecule has 1 aliphatic heterocycles. The lowest BCUT2D eigenvalue weighted by Crippen LogP contribution is -2.50. The van der Waals surface area contributed by atoms with Crippen LogP contribution in [0.15, 0.2) is 29.4 Å². The molecule has 0 atom stereocenters. The third-order valence-corrected chi connectivity index (χ3v) is 3.62. The average molecular weight is 312 g/mol. The summed E-state index contributed by atoms with van der Waals surface area (Å²) in [6, 6.07) is 7.51. The third-order valence-electron chi connectivity index (χ3n) is 3.25. The highest BCUT2D eigenvalue weighted by atomic mass is 35.5. The third kappa shape index (κ3) is 5.19. The molecule has 116 valence electrons. The molecule has 1 saturated heterocycles. The van der Waals surface area contributed by atoms with Crippen molar-refractivity contribution >= 4 is 17.4 Å². The van der Waals surface area contributed by atoms with Gasteiger partial charge in [-0.3, -0.25) is 4.90 Å². The van der Waals surface area contributed by atoms with Crippen LogP contribution in [0.1, 0.15) is 19.4 Å². The summed E-state index contributed by atoms with van der Waals surface area (Å²) in [6.45, 7) is 7.42. The number of rotatable bonds is 5. The molecule has 2 rings (SSSR count). The average Bonchev–Trinajstić information content (AvgIpc) is 2.40. The first-order valence-corrected chi connectivity index (χ1v) is 7.38. The van der Waals surface area contributed by atoms with E-state index >= 15 is 0 Å². The predicted octanol–water partition coefficient (Wildman–Crippen LogP) is 2.24. The summed E-state index contributed by atoms with van der Waals surface area (Å²) in [4.78, 5) is 7.49. The van der Waals surface area contributed by atoms with E-state index in [0.717, 1.165) is 18.7 Å². The second kappa shape index (κ2) is 7.11. The van der Waals surface area contributed by atoms with Crippen LogP contribution >= 0.6 is 11.6 Å². The van der Waals surface area contributed by atoms with Crippen LogP contribution < -0.4 is 5.73 Å². The Morgan fingerprint density at radius 2 is 2.24 bits per heavy atom. The van der Waals surface area contributed by atoms with Crippen LogP contribution in [0.4, 0.5) is 0 Å². The van der Waals surface area contributed by atoms with E-state index in [1.165, 1.54) is 0 Å². The van der Waals surface area contributed by atoms with Gasteiger partial charge in [-0.15, -0.1) is 0 Å². The fourth-order valence-corrected chi connectivity index (χ4v) is 2.50. The minimum atomic E-state index is -0.142. The van der Waals surface area contributed by atoms with Gasteiger partial charge in [-0.1, -0.05) is 35.0 Å². The number of hydrogen-bond acceptors (Lipinski definition) is 4. The monoisotopic (exact) mass is 311 g/mol. The Hall–Kier alpha value is -1.30. The van der Waals surface area contributed by atoms with Crippen molar-refractivity contribution in [3.05, 3.63) is 34.9 Å². The number of morpholine rings is 1. The summed E-state index contributed by atoms with van der Waals surface area (Å²) < 4.78 is 5.66. The van der Waals surface area contributed by atoms with E-state index in [4.69, 9.17) is 26.9 Å². The van der Waals surface area contributed by atoms with Gasteiger partial charge in [0, 0.05) is 23.7 Å². The van der Waals surface area contributed by atoms with Crippen molar-refractivity contribution in [3.8, 4) is 0 Å². The molecule has 6 heteroatoms. The Bertz CT molecular complexity index is 505. The number of amidine groups is 1. The Kier molecular flexibility index (Phi) is 5.45. The smallest absolute Gasteiger partial charge is 0.153 e. The number of nitrogens with zero attached hydrogens (tertiary/aromatic N) is 2. The van der Waals surface area contributed by atoms with Crippen molar-refractivity contribution in [2.24, 2.45) is 10.9 Å². The summed E-state index contributed by atoms with van der Waals surface area (Å²) in [7, 11) is 0. The lowest BCUT2D eigenvalue weighted by atomic mass is 10.1. The Morgan fingerprint density at radius 3 is 2.95 bits per heavy atom. The molecule has 2 N–H and O–H groups in total. The van der Waals surface area contributed by atoms with Gasteiger partial charge in [0.05, 0.1) is 18.8 Å². The number of ether oxygens (including phenoxy) is 1. The topological polar surface area (TPSA) is 60.1 Å². The molecule has 1 aliphatic rings. The van der Waals surface area contributed by atoms with Crippen molar-refractivity contribution in [3.63, 3.8) is 0 Å². The van der Waals surface area contributed by atoms with Gasteiger partial charge in [0.1, 0.15) is 6.61 Å². The molecule has 0 aliphatic carbocycles. The molecule has 1 aromatic carbocycles. The Morgan fingerprint density at radius 1 is 1.48 bits per heavy atom. The van der Waals surface area contributed by atoms with Gasteiger partial charge in [-0.25, -0.2) is 0 Å². The SMILES string of the molecule is CC1(C)CN(C/C(N)=N/OCc2ccccc2Cl)CCO1. The molecule has 1 heterocycles. The van der Waals surface area contributed by atoms with Crippen LogP contribution in [0.25, 0.3) is 0 Å². The minimum Gasteiger partial charge on any atom is -0.389 e. The molecule has 0 aromatic heterocycles. The van der Waals surface area contributed by atoms with Gasteiger partial charge in [-0.05, 0) is 19.9 Å². The van der Waals surface area contributed by atoms with Gasteiger partial charge in [0.15, 0.2) is 5.84 Å². The standard InChI is InChI=1S/C15H22ClN3O2/c1-15(2)11-19(7-8-20-15)9-14(17)18-21-10-12-5-3-4-6-13(12)16/h3-6H,7-11H2,1-2H3,(H2,17,18). The second-order valence-electron chi connectivity index (χ2n) is 5.77. The van der Waals surface area contributed by atoms with Crippen molar-refractivity contribution < 1.29 is 9.57 Å². The van der Waals surface area contributed by atoms with Crippen LogP contribution in [0.2, 0.25) is 5.02 Å². The molecular weight excluding hydrogens is 290 g/mol. The van der Waals surface area contributed by atoms with Gasteiger partial charge >= 0.3 is 0 Å². The zero-order valence-electron chi connectivity index (χ0n) is 12.5.